The first-order chi connectivity index (χ1) is 10.7. The molecule has 0 heterocycles. The van der Waals surface area contributed by atoms with Crippen LogP contribution in [0.25, 0.3) is 0 Å². The van der Waals surface area contributed by atoms with Gasteiger partial charge in [-0.1, -0.05) is 30.2 Å². The van der Waals surface area contributed by atoms with Gasteiger partial charge in [-0.05, 0) is 30.9 Å². The van der Waals surface area contributed by atoms with Gasteiger partial charge in [0.15, 0.2) is 0 Å². The van der Waals surface area contributed by atoms with Gasteiger partial charge < -0.3 is 9.64 Å². The summed E-state index contributed by atoms with van der Waals surface area (Å²) in [6.45, 7) is 1.58. The van der Waals surface area contributed by atoms with Crippen molar-refractivity contribution in [3.63, 3.8) is 0 Å². The van der Waals surface area contributed by atoms with Crippen LogP contribution < -0.4 is 4.74 Å². The van der Waals surface area contributed by atoms with Gasteiger partial charge in [-0.2, -0.15) is 5.26 Å². The molecule has 1 aromatic carbocycles. The number of hydrogen-bond donors (Lipinski definition) is 0. The quantitative estimate of drug-likeness (QED) is 0.734. The molecule has 1 aliphatic carbocycles. The lowest BCUT2D eigenvalue weighted by atomic mass is 9.85. The van der Waals surface area contributed by atoms with Gasteiger partial charge in [0.25, 0.3) is 0 Å². The van der Waals surface area contributed by atoms with E-state index in [1.807, 2.05) is 17.0 Å². The van der Waals surface area contributed by atoms with Gasteiger partial charge >= 0.3 is 0 Å². The number of para-hydroxylation sites is 1. The highest BCUT2D eigenvalue weighted by molar-refractivity contribution is 6.32. The van der Waals surface area contributed by atoms with Crippen LogP contribution in [0, 0.1) is 17.2 Å². The number of nitrogens with zero attached hydrogens (tertiary/aromatic N) is 2. The fourth-order valence-electron chi connectivity index (χ4n) is 2.46. The molecule has 0 unspecified atom stereocenters. The van der Waals surface area contributed by atoms with Crippen molar-refractivity contribution in [2.45, 2.75) is 32.1 Å². The number of halogens is 1. The molecule has 4 nitrogen and oxygen atoms in total. The Balaban J connectivity index is 1.79. The first kappa shape index (κ1) is 16.6. The van der Waals surface area contributed by atoms with E-state index in [4.69, 9.17) is 21.6 Å². The molecule has 2 rings (SSSR count). The molecule has 1 aromatic rings. The zero-order chi connectivity index (χ0) is 15.8. The van der Waals surface area contributed by atoms with E-state index in [-0.39, 0.29) is 5.91 Å². The average molecular weight is 321 g/mol. The van der Waals surface area contributed by atoms with E-state index in [1.54, 1.807) is 12.1 Å². The monoisotopic (exact) mass is 320 g/mol. The van der Waals surface area contributed by atoms with Crippen LogP contribution in [0.3, 0.4) is 0 Å². The molecule has 1 aliphatic rings. The van der Waals surface area contributed by atoms with Gasteiger partial charge in [-0.25, -0.2) is 0 Å². The lowest BCUT2D eigenvalue weighted by Crippen LogP contribution is -2.38. The third-order valence-electron chi connectivity index (χ3n) is 3.96. The molecule has 1 saturated carbocycles. The van der Waals surface area contributed by atoms with E-state index >= 15 is 0 Å². The molecule has 0 aromatic heterocycles. The molecule has 22 heavy (non-hydrogen) atoms. The van der Waals surface area contributed by atoms with Crippen molar-refractivity contribution in [3.8, 4) is 11.8 Å². The first-order valence-corrected chi connectivity index (χ1v) is 8.10. The molecule has 0 radical (unpaired) electrons. The molecule has 0 atom stereocenters. The third kappa shape index (κ3) is 4.92. The van der Waals surface area contributed by atoms with Crippen molar-refractivity contribution in [2.75, 3.05) is 19.7 Å². The predicted molar refractivity (Wildman–Crippen MR) is 85.7 cm³/mol. The van der Waals surface area contributed by atoms with Gasteiger partial charge in [0.05, 0.1) is 30.5 Å². The van der Waals surface area contributed by atoms with Crippen molar-refractivity contribution < 1.29 is 9.53 Å². The zero-order valence-corrected chi connectivity index (χ0v) is 13.4. The molecule has 0 spiro atoms. The number of hydrogen-bond acceptors (Lipinski definition) is 3. The Morgan fingerprint density at radius 3 is 2.82 bits per heavy atom. The van der Waals surface area contributed by atoms with Crippen LogP contribution in [0.4, 0.5) is 0 Å². The van der Waals surface area contributed by atoms with E-state index in [2.05, 4.69) is 6.07 Å². The molecule has 0 saturated heterocycles. The number of nitriles is 1. The molecular weight excluding hydrogens is 300 g/mol. The summed E-state index contributed by atoms with van der Waals surface area (Å²) in [6, 6.07) is 9.34. The molecule has 5 heteroatoms. The molecular formula is C17H21ClN2O2. The number of rotatable bonds is 8. The fraction of sp³-hybridized carbons (Fsp3) is 0.529. The topological polar surface area (TPSA) is 53.3 Å². The summed E-state index contributed by atoms with van der Waals surface area (Å²) >= 11 is 6.01. The Morgan fingerprint density at radius 1 is 1.41 bits per heavy atom. The SMILES string of the molecule is N#CCCN(CC1CCC1)C(=O)CCOc1ccccc1Cl. The Hall–Kier alpha value is -1.73. The van der Waals surface area contributed by atoms with E-state index in [9.17, 15) is 4.79 Å². The minimum Gasteiger partial charge on any atom is -0.491 e. The average Bonchev–Trinajstić information content (AvgIpc) is 2.47. The maximum atomic E-state index is 12.3. The minimum atomic E-state index is 0.0502. The van der Waals surface area contributed by atoms with Crippen LogP contribution in [-0.4, -0.2) is 30.5 Å². The first-order valence-electron chi connectivity index (χ1n) is 7.72. The number of carbonyl (C=O) groups excluding carboxylic acids is 1. The summed E-state index contributed by atoms with van der Waals surface area (Å²) in [6.07, 6.45) is 4.31. The van der Waals surface area contributed by atoms with Crippen molar-refractivity contribution in [3.05, 3.63) is 29.3 Å². The standard InChI is InChI=1S/C17H21ClN2O2/c18-15-7-1-2-8-16(15)22-12-9-17(21)20(11-4-10-19)13-14-5-3-6-14/h1-2,7-8,14H,3-6,9,11-13H2. The predicted octanol–water partition coefficient (Wildman–Crippen LogP) is 3.65. The normalized spacial score (nSPS) is 14.0. The summed E-state index contributed by atoms with van der Waals surface area (Å²) < 4.78 is 5.56. The second-order valence-corrected chi connectivity index (χ2v) is 5.98. The van der Waals surface area contributed by atoms with Gasteiger partial charge in [0.1, 0.15) is 5.75 Å². The third-order valence-corrected chi connectivity index (χ3v) is 4.27. The summed E-state index contributed by atoms with van der Waals surface area (Å²) in [5.41, 5.74) is 0. The highest BCUT2D eigenvalue weighted by Crippen LogP contribution is 2.27. The molecule has 118 valence electrons. The summed E-state index contributed by atoms with van der Waals surface area (Å²) in [4.78, 5) is 14.1. The molecule has 0 N–H and O–H groups in total. The highest BCUT2D eigenvalue weighted by Gasteiger charge is 2.23. The number of ether oxygens (including phenoxy) is 1. The molecule has 0 aliphatic heterocycles. The number of carbonyl (C=O) groups is 1. The largest absolute Gasteiger partial charge is 0.491 e. The van der Waals surface area contributed by atoms with Crippen LogP contribution in [0.1, 0.15) is 32.1 Å². The van der Waals surface area contributed by atoms with E-state index in [0.29, 0.717) is 42.7 Å². The van der Waals surface area contributed by atoms with Gasteiger partial charge in [-0.3, -0.25) is 4.79 Å². The Bertz CT molecular complexity index is 538. The second kappa shape index (κ2) is 8.65. The van der Waals surface area contributed by atoms with Crippen LogP contribution in [0.2, 0.25) is 5.02 Å². The van der Waals surface area contributed by atoms with Gasteiger partial charge in [0, 0.05) is 13.1 Å². The van der Waals surface area contributed by atoms with Crippen LogP contribution in [-0.2, 0) is 4.79 Å². The minimum absolute atomic E-state index is 0.0502. The lowest BCUT2D eigenvalue weighted by molar-refractivity contribution is -0.132. The van der Waals surface area contributed by atoms with Crippen LogP contribution >= 0.6 is 11.6 Å². The Morgan fingerprint density at radius 2 is 2.18 bits per heavy atom. The van der Waals surface area contributed by atoms with E-state index < -0.39 is 0 Å². The van der Waals surface area contributed by atoms with Crippen LogP contribution in [0.5, 0.6) is 5.75 Å². The molecule has 0 bridgehead atoms. The second-order valence-electron chi connectivity index (χ2n) is 5.57. The Labute approximate surface area is 136 Å². The van der Waals surface area contributed by atoms with Crippen molar-refractivity contribution >= 4 is 17.5 Å². The lowest BCUT2D eigenvalue weighted by Gasteiger charge is -2.32. The summed E-state index contributed by atoms with van der Waals surface area (Å²) in [7, 11) is 0. The van der Waals surface area contributed by atoms with Crippen molar-refractivity contribution in [1.82, 2.24) is 4.90 Å². The fourth-order valence-corrected chi connectivity index (χ4v) is 2.65. The van der Waals surface area contributed by atoms with E-state index in [0.717, 1.165) is 6.54 Å². The number of amides is 1. The smallest absolute Gasteiger partial charge is 0.226 e. The van der Waals surface area contributed by atoms with Crippen LogP contribution in [0.15, 0.2) is 24.3 Å². The summed E-state index contributed by atoms with van der Waals surface area (Å²) in [5.74, 6) is 1.25. The molecule has 1 amide bonds. The maximum Gasteiger partial charge on any atom is 0.226 e. The van der Waals surface area contributed by atoms with Crippen molar-refractivity contribution in [1.29, 1.82) is 5.26 Å². The highest BCUT2D eigenvalue weighted by atomic mass is 35.5. The van der Waals surface area contributed by atoms with E-state index in [1.165, 1.54) is 19.3 Å². The van der Waals surface area contributed by atoms with Gasteiger partial charge in [-0.15, -0.1) is 0 Å². The maximum absolute atomic E-state index is 12.3. The Kier molecular flexibility index (Phi) is 6.54. The number of benzene rings is 1. The zero-order valence-electron chi connectivity index (χ0n) is 12.6. The molecule has 1 fully saturated rings. The summed E-state index contributed by atoms with van der Waals surface area (Å²) in [5, 5.41) is 9.28. The van der Waals surface area contributed by atoms with Gasteiger partial charge in [0.2, 0.25) is 5.91 Å². The van der Waals surface area contributed by atoms with Crippen molar-refractivity contribution in [2.24, 2.45) is 5.92 Å².